The maximum Gasteiger partial charge on any atom is 0.267 e. The van der Waals surface area contributed by atoms with Crippen molar-refractivity contribution >= 4 is 23.2 Å². The van der Waals surface area contributed by atoms with Gasteiger partial charge in [0.15, 0.2) is 4.80 Å². The van der Waals surface area contributed by atoms with Crippen molar-refractivity contribution in [1.82, 2.24) is 9.88 Å². The molecule has 0 bridgehead atoms. The van der Waals surface area contributed by atoms with Crippen LogP contribution in [0.2, 0.25) is 0 Å². The number of hydrogen-bond donors (Lipinski definition) is 1. The second-order valence-corrected chi connectivity index (χ2v) is 6.59. The fraction of sp³-hybridized carbons (Fsp3) is 0.105. The number of amides is 2. The van der Waals surface area contributed by atoms with Crippen molar-refractivity contribution in [2.75, 3.05) is 6.54 Å². The summed E-state index contributed by atoms with van der Waals surface area (Å²) in [4.78, 5) is 28.2. The van der Waals surface area contributed by atoms with Gasteiger partial charge in [0.05, 0.1) is 18.7 Å². The molecule has 1 aromatic heterocycles. The van der Waals surface area contributed by atoms with Gasteiger partial charge in [0.1, 0.15) is 17.5 Å². The van der Waals surface area contributed by atoms with Gasteiger partial charge in [-0.2, -0.15) is 4.99 Å². The summed E-state index contributed by atoms with van der Waals surface area (Å²) in [6.45, 7) is -0.275. The summed E-state index contributed by atoms with van der Waals surface area (Å²) >= 11 is 1.18. The molecule has 0 fully saturated rings. The number of carbonyl (C=O) groups excluding carboxylic acids is 2. The SMILES string of the molecule is O=C(CNC(=O)c1ccc(F)cc1F)N=c1sccn1Cc1ccccc1F. The van der Waals surface area contributed by atoms with Crippen LogP contribution < -0.4 is 10.1 Å². The third kappa shape index (κ3) is 4.74. The molecule has 3 rings (SSSR count). The van der Waals surface area contributed by atoms with Crippen LogP contribution in [0.1, 0.15) is 15.9 Å². The molecule has 0 aliphatic carbocycles. The Morgan fingerprint density at radius 3 is 2.61 bits per heavy atom. The molecule has 28 heavy (non-hydrogen) atoms. The van der Waals surface area contributed by atoms with Gasteiger partial charge in [-0.25, -0.2) is 13.2 Å². The van der Waals surface area contributed by atoms with Crippen LogP contribution in [0.15, 0.2) is 59.0 Å². The van der Waals surface area contributed by atoms with Crippen LogP contribution in [0, 0.1) is 17.5 Å². The van der Waals surface area contributed by atoms with Crippen LogP contribution in [0.5, 0.6) is 0 Å². The van der Waals surface area contributed by atoms with E-state index in [2.05, 4.69) is 10.3 Å². The lowest BCUT2D eigenvalue weighted by atomic mass is 10.2. The van der Waals surface area contributed by atoms with Gasteiger partial charge in [-0.05, 0) is 18.2 Å². The molecule has 5 nitrogen and oxygen atoms in total. The molecule has 2 amide bonds. The lowest BCUT2D eigenvalue weighted by Gasteiger charge is -2.05. The summed E-state index contributed by atoms with van der Waals surface area (Å²) in [5.74, 6) is -3.72. The minimum absolute atomic E-state index is 0.190. The Balaban J connectivity index is 1.68. The number of nitrogens with one attached hydrogen (secondary N) is 1. The van der Waals surface area contributed by atoms with Crippen molar-refractivity contribution in [3.05, 3.63) is 87.4 Å². The van der Waals surface area contributed by atoms with E-state index < -0.39 is 30.0 Å². The van der Waals surface area contributed by atoms with Crippen LogP contribution in [-0.4, -0.2) is 22.9 Å². The highest BCUT2D eigenvalue weighted by Gasteiger charge is 2.13. The van der Waals surface area contributed by atoms with Gasteiger partial charge in [-0.1, -0.05) is 18.2 Å². The molecule has 0 radical (unpaired) electrons. The number of thiazole rings is 1. The zero-order valence-corrected chi connectivity index (χ0v) is 15.2. The maximum atomic E-state index is 13.8. The molecule has 2 aromatic carbocycles. The molecule has 0 aliphatic rings. The topological polar surface area (TPSA) is 63.5 Å². The normalized spacial score (nSPS) is 11.5. The standard InChI is InChI=1S/C19H14F3N3O2S/c20-13-5-6-14(16(22)9-13)18(27)23-10-17(26)24-19-25(7-8-28-19)11-12-3-1-2-4-15(12)21/h1-9H,10-11H2,(H,23,27). The molecular weight excluding hydrogens is 391 g/mol. The minimum atomic E-state index is -1.03. The lowest BCUT2D eigenvalue weighted by molar-refractivity contribution is -0.117. The zero-order chi connectivity index (χ0) is 20.1. The van der Waals surface area contributed by atoms with Crippen LogP contribution in [0.4, 0.5) is 13.2 Å². The highest BCUT2D eigenvalue weighted by atomic mass is 32.1. The first-order valence-electron chi connectivity index (χ1n) is 8.12. The Hall–Kier alpha value is -3.20. The number of aromatic nitrogens is 1. The van der Waals surface area contributed by atoms with Crippen LogP contribution in [0.25, 0.3) is 0 Å². The highest BCUT2D eigenvalue weighted by Crippen LogP contribution is 2.09. The van der Waals surface area contributed by atoms with Gasteiger partial charge >= 0.3 is 0 Å². The fourth-order valence-electron chi connectivity index (χ4n) is 2.39. The van der Waals surface area contributed by atoms with Crippen molar-refractivity contribution in [3.8, 4) is 0 Å². The molecule has 0 unspecified atom stereocenters. The summed E-state index contributed by atoms with van der Waals surface area (Å²) in [7, 11) is 0. The molecule has 0 aliphatic heterocycles. The van der Waals surface area contributed by atoms with Crippen molar-refractivity contribution < 1.29 is 22.8 Å². The molecule has 144 valence electrons. The van der Waals surface area contributed by atoms with E-state index in [0.717, 1.165) is 12.1 Å². The molecule has 1 N–H and O–H groups in total. The average molecular weight is 405 g/mol. The second-order valence-electron chi connectivity index (χ2n) is 5.72. The molecule has 0 saturated heterocycles. The third-order valence-electron chi connectivity index (χ3n) is 3.75. The number of rotatable bonds is 5. The fourth-order valence-corrected chi connectivity index (χ4v) is 3.13. The van der Waals surface area contributed by atoms with Crippen molar-refractivity contribution in [2.24, 2.45) is 4.99 Å². The van der Waals surface area contributed by atoms with Gasteiger partial charge < -0.3 is 9.88 Å². The average Bonchev–Trinajstić information content (AvgIpc) is 3.08. The molecule has 3 aromatic rings. The molecule has 0 spiro atoms. The first-order chi connectivity index (χ1) is 13.4. The zero-order valence-electron chi connectivity index (χ0n) is 14.4. The third-order valence-corrected chi connectivity index (χ3v) is 4.55. The van der Waals surface area contributed by atoms with Crippen LogP contribution in [-0.2, 0) is 11.3 Å². The predicted octanol–water partition coefficient (Wildman–Crippen LogP) is 2.87. The number of carbonyl (C=O) groups is 2. The minimum Gasteiger partial charge on any atom is -0.343 e. The maximum absolute atomic E-state index is 13.8. The van der Waals surface area contributed by atoms with E-state index in [1.165, 1.54) is 17.4 Å². The van der Waals surface area contributed by atoms with Crippen molar-refractivity contribution in [1.29, 1.82) is 0 Å². The predicted molar refractivity (Wildman–Crippen MR) is 97.1 cm³/mol. The quantitative estimate of drug-likeness (QED) is 0.710. The van der Waals surface area contributed by atoms with E-state index in [1.54, 1.807) is 34.3 Å². The number of nitrogens with zero attached hydrogens (tertiary/aromatic N) is 2. The van der Waals surface area contributed by atoms with Crippen LogP contribution in [0.3, 0.4) is 0 Å². The Morgan fingerprint density at radius 2 is 1.86 bits per heavy atom. The first kappa shape index (κ1) is 19.6. The summed E-state index contributed by atoms with van der Waals surface area (Å²) in [5, 5.41) is 3.93. The van der Waals surface area contributed by atoms with E-state index in [9.17, 15) is 22.8 Å². The van der Waals surface area contributed by atoms with Crippen LogP contribution >= 0.6 is 11.3 Å². The summed E-state index contributed by atoms with van der Waals surface area (Å²) in [6.07, 6.45) is 1.66. The van der Waals surface area contributed by atoms with Crippen molar-refractivity contribution in [2.45, 2.75) is 6.54 Å². The van der Waals surface area contributed by atoms with Crippen molar-refractivity contribution in [3.63, 3.8) is 0 Å². The van der Waals surface area contributed by atoms with E-state index in [4.69, 9.17) is 0 Å². The highest BCUT2D eigenvalue weighted by molar-refractivity contribution is 7.07. The monoisotopic (exact) mass is 405 g/mol. The number of halogens is 3. The van der Waals surface area contributed by atoms with E-state index in [0.29, 0.717) is 16.4 Å². The smallest absolute Gasteiger partial charge is 0.267 e. The summed E-state index contributed by atoms with van der Waals surface area (Å²) in [6, 6.07) is 8.77. The largest absolute Gasteiger partial charge is 0.343 e. The van der Waals surface area contributed by atoms with Gasteiger partial charge in [-0.3, -0.25) is 9.59 Å². The second kappa shape index (κ2) is 8.66. The van der Waals surface area contributed by atoms with E-state index in [-0.39, 0.29) is 17.9 Å². The molecule has 1 heterocycles. The Labute approximate surface area is 161 Å². The summed E-state index contributed by atoms with van der Waals surface area (Å²) in [5.41, 5.74) is 0.0647. The summed E-state index contributed by atoms with van der Waals surface area (Å²) < 4.78 is 41.9. The Bertz CT molecular complexity index is 1090. The van der Waals surface area contributed by atoms with Gasteiger partial charge in [-0.15, -0.1) is 11.3 Å². The van der Waals surface area contributed by atoms with Gasteiger partial charge in [0.2, 0.25) is 0 Å². The Morgan fingerprint density at radius 1 is 1.07 bits per heavy atom. The van der Waals surface area contributed by atoms with Gasteiger partial charge in [0, 0.05) is 23.2 Å². The molecule has 0 atom stereocenters. The van der Waals surface area contributed by atoms with Gasteiger partial charge in [0.25, 0.3) is 11.8 Å². The van der Waals surface area contributed by atoms with E-state index >= 15 is 0 Å². The number of hydrogen-bond acceptors (Lipinski definition) is 3. The first-order valence-corrected chi connectivity index (χ1v) is 9.00. The molecule has 0 saturated carbocycles. The lowest BCUT2D eigenvalue weighted by Crippen LogP contribution is -2.30. The molecular formula is C19H14F3N3O2S. The van der Waals surface area contributed by atoms with E-state index in [1.807, 2.05) is 0 Å². The Kier molecular flexibility index (Phi) is 6.05. The number of benzene rings is 2. The molecule has 9 heteroatoms.